The Kier molecular flexibility index (Phi) is 4.06. The van der Waals surface area contributed by atoms with Crippen molar-refractivity contribution < 1.29 is 14.3 Å². The molecule has 116 valence electrons. The van der Waals surface area contributed by atoms with Gasteiger partial charge in [-0.1, -0.05) is 28.1 Å². The largest absolute Gasteiger partial charge is 0.476 e. The van der Waals surface area contributed by atoms with Crippen molar-refractivity contribution in [3.05, 3.63) is 52.1 Å². The fourth-order valence-electron chi connectivity index (χ4n) is 2.78. The van der Waals surface area contributed by atoms with Gasteiger partial charge in [-0.3, -0.25) is 4.90 Å². The molecule has 0 bridgehead atoms. The zero-order valence-corrected chi connectivity index (χ0v) is 13.8. The third kappa shape index (κ3) is 3.23. The first-order chi connectivity index (χ1) is 10.5. The number of carboxylic acids is 1. The van der Waals surface area contributed by atoms with Crippen LogP contribution in [0.4, 0.5) is 0 Å². The highest BCUT2D eigenvalue weighted by Crippen LogP contribution is 2.48. The van der Waals surface area contributed by atoms with Gasteiger partial charge in [0.05, 0.1) is 6.54 Å². The molecule has 1 aromatic heterocycles. The van der Waals surface area contributed by atoms with Gasteiger partial charge in [0.2, 0.25) is 5.89 Å². The first-order valence-electron chi connectivity index (χ1n) is 7.11. The molecule has 1 N–H and O–H groups in total. The first kappa shape index (κ1) is 15.2. The number of benzene rings is 1. The van der Waals surface area contributed by atoms with Crippen molar-refractivity contribution in [1.29, 1.82) is 0 Å². The molecule has 0 radical (unpaired) electrons. The summed E-state index contributed by atoms with van der Waals surface area (Å²) in [6.07, 6.45) is 3.53. The van der Waals surface area contributed by atoms with Gasteiger partial charge in [-0.2, -0.15) is 0 Å². The summed E-state index contributed by atoms with van der Waals surface area (Å²) in [4.78, 5) is 16.9. The molecule has 6 heteroatoms. The van der Waals surface area contributed by atoms with Gasteiger partial charge in [0.15, 0.2) is 5.69 Å². The molecule has 1 aliphatic rings. The summed E-state index contributed by atoms with van der Waals surface area (Å²) in [6, 6.07) is 8.47. The molecule has 0 saturated heterocycles. The topological polar surface area (TPSA) is 66.6 Å². The Morgan fingerprint density at radius 1 is 1.41 bits per heavy atom. The van der Waals surface area contributed by atoms with Crippen molar-refractivity contribution in [2.75, 3.05) is 13.6 Å². The monoisotopic (exact) mass is 364 g/mol. The average Bonchev–Trinajstić information content (AvgIpc) is 3.08. The first-order valence-corrected chi connectivity index (χ1v) is 7.90. The Balaban J connectivity index is 1.64. The van der Waals surface area contributed by atoms with Crippen LogP contribution in [0.3, 0.4) is 0 Å². The molecular formula is C16H17BrN2O3. The lowest BCUT2D eigenvalue weighted by atomic mass is 9.95. The molecule has 3 rings (SSSR count). The van der Waals surface area contributed by atoms with Gasteiger partial charge in [-0.25, -0.2) is 9.78 Å². The zero-order chi connectivity index (χ0) is 15.7. The molecule has 22 heavy (non-hydrogen) atoms. The Morgan fingerprint density at radius 2 is 2.09 bits per heavy atom. The van der Waals surface area contributed by atoms with E-state index >= 15 is 0 Å². The fraction of sp³-hybridized carbons (Fsp3) is 0.375. The molecule has 1 fully saturated rings. The number of rotatable bonds is 6. The van der Waals surface area contributed by atoms with Crippen LogP contribution in [0.15, 0.2) is 39.4 Å². The number of likely N-dealkylation sites (N-methyl/N-ethyl adjacent to an activating group) is 1. The molecule has 0 unspecified atom stereocenters. The van der Waals surface area contributed by atoms with E-state index in [9.17, 15) is 4.79 Å². The molecule has 0 aliphatic heterocycles. The van der Waals surface area contributed by atoms with E-state index in [1.54, 1.807) is 0 Å². The maximum absolute atomic E-state index is 10.8. The quantitative estimate of drug-likeness (QED) is 0.851. The normalized spacial score (nSPS) is 16.0. The number of halogens is 1. The van der Waals surface area contributed by atoms with Crippen LogP contribution in [0.2, 0.25) is 0 Å². The summed E-state index contributed by atoms with van der Waals surface area (Å²) in [5, 5.41) is 8.86. The van der Waals surface area contributed by atoms with Crippen LogP contribution in [0.25, 0.3) is 0 Å². The number of nitrogens with zero attached hydrogens (tertiary/aromatic N) is 2. The third-order valence-corrected chi connectivity index (χ3v) is 4.59. The highest BCUT2D eigenvalue weighted by molar-refractivity contribution is 9.10. The van der Waals surface area contributed by atoms with Crippen molar-refractivity contribution in [2.24, 2.45) is 0 Å². The summed E-state index contributed by atoms with van der Waals surface area (Å²) in [5.74, 6) is -0.627. The predicted molar refractivity (Wildman–Crippen MR) is 84.9 cm³/mol. The van der Waals surface area contributed by atoms with Crippen molar-refractivity contribution in [2.45, 2.75) is 24.8 Å². The number of hydrogen-bond donors (Lipinski definition) is 1. The summed E-state index contributed by atoms with van der Waals surface area (Å²) in [7, 11) is 2.00. The second-order valence-electron chi connectivity index (χ2n) is 5.89. The highest BCUT2D eigenvalue weighted by atomic mass is 79.9. The number of oxazole rings is 1. The smallest absolute Gasteiger partial charge is 0.357 e. The number of hydrogen-bond acceptors (Lipinski definition) is 4. The van der Waals surface area contributed by atoms with E-state index in [2.05, 4.69) is 50.1 Å². The minimum absolute atomic E-state index is 0.0440. The van der Waals surface area contributed by atoms with Gasteiger partial charge < -0.3 is 9.52 Å². The summed E-state index contributed by atoms with van der Waals surface area (Å²) < 4.78 is 6.30. The van der Waals surface area contributed by atoms with E-state index < -0.39 is 5.97 Å². The van der Waals surface area contributed by atoms with Crippen LogP contribution in [-0.2, 0) is 12.0 Å². The molecule has 5 nitrogen and oxygen atoms in total. The van der Waals surface area contributed by atoms with Crippen molar-refractivity contribution in [3.63, 3.8) is 0 Å². The number of carboxylic acid groups (broad SMARTS) is 1. The fourth-order valence-corrected chi connectivity index (χ4v) is 3.04. The van der Waals surface area contributed by atoms with Crippen LogP contribution in [0.1, 0.15) is 34.8 Å². The summed E-state index contributed by atoms with van der Waals surface area (Å²) in [6.45, 7) is 1.41. The van der Waals surface area contributed by atoms with Gasteiger partial charge in [0, 0.05) is 16.4 Å². The van der Waals surface area contributed by atoms with Crippen LogP contribution in [0, 0.1) is 0 Å². The molecule has 1 aliphatic carbocycles. The third-order valence-electron chi connectivity index (χ3n) is 4.06. The van der Waals surface area contributed by atoms with E-state index in [0.29, 0.717) is 12.4 Å². The second-order valence-corrected chi connectivity index (χ2v) is 6.81. The van der Waals surface area contributed by atoms with E-state index in [0.717, 1.165) is 11.0 Å². The molecule has 2 aromatic rings. The van der Waals surface area contributed by atoms with Crippen molar-refractivity contribution >= 4 is 21.9 Å². The second kappa shape index (κ2) is 5.85. The lowest BCUT2D eigenvalue weighted by Crippen LogP contribution is -2.29. The zero-order valence-electron chi connectivity index (χ0n) is 12.3. The van der Waals surface area contributed by atoms with Crippen LogP contribution >= 0.6 is 15.9 Å². The molecule has 1 saturated carbocycles. The van der Waals surface area contributed by atoms with Crippen LogP contribution < -0.4 is 0 Å². The Bertz CT molecular complexity index is 677. The lowest BCUT2D eigenvalue weighted by molar-refractivity contribution is 0.0690. The standard InChI is InChI=1S/C16H17BrN2O3/c1-19(8-14-18-13(9-22-14)15(20)21)10-16(6-7-16)11-2-4-12(17)5-3-11/h2-5,9H,6-8,10H2,1H3,(H,20,21). The SMILES string of the molecule is CN(Cc1nc(C(=O)O)co1)CC1(c2ccc(Br)cc2)CC1. The molecule has 0 spiro atoms. The van der Waals surface area contributed by atoms with E-state index in [1.807, 2.05) is 7.05 Å². The summed E-state index contributed by atoms with van der Waals surface area (Å²) in [5.41, 5.74) is 1.51. The van der Waals surface area contributed by atoms with E-state index in [1.165, 1.54) is 24.7 Å². The van der Waals surface area contributed by atoms with Gasteiger partial charge in [0.1, 0.15) is 6.26 Å². The molecule has 0 atom stereocenters. The molecule has 1 heterocycles. The molecular weight excluding hydrogens is 348 g/mol. The number of carbonyl (C=O) groups is 1. The van der Waals surface area contributed by atoms with Crippen molar-refractivity contribution in [1.82, 2.24) is 9.88 Å². The predicted octanol–water partition coefficient (Wildman–Crippen LogP) is 3.30. The van der Waals surface area contributed by atoms with Crippen LogP contribution in [0.5, 0.6) is 0 Å². The molecule has 0 amide bonds. The molecule has 1 aromatic carbocycles. The van der Waals surface area contributed by atoms with Crippen molar-refractivity contribution in [3.8, 4) is 0 Å². The minimum atomic E-state index is -1.06. The number of aromatic carboxylic acids is 1. The minimum Gasteiger partial charge on any atom is -0.476 e. The van der Waals surface area contributed by atoms with Gasteiger partial charge in [-0.15, -0.1) is 0 Å². The Labute approximate surface area is 137 Å². The van der Waals surface area contributed by atoms with E-state index in [4.69, 9.17) is 9.52 Å². The maximum Gasteiger partial charge on any atom is 0.357 e. The van der Waals surface area contributed by atoms with E-state index in [-0.39, 0.29) is 11.1 Å². The lowest BCUT2D eigenvalue weighted by Gasteiger charge is -2.23. The number of aromatic nitrogens is 1. The average molecular weight is 365 g/mol. The van der Waals surface area contributed by atoms with Gasteiger partial charge >= 0.3 is 5.97 Å². The Hall–Kier alpha value is -1.66. The maximum atomic E-state index is 10.8. The highest BCUT2D eigenvalue weighted by Gasteiger charge is 2.44. The summed E-state index contributed by atoms with van der Waals surface area (Å²) >= 11 is 3.46. The van der Waals surface area contributed by atoms with Gasteiger partial charge in [0.25, 0.3) is 0 Å². The Morgan fingerprint density at radius 3 is 2.64 bits per heavy atom. The van der Waals surface area contributed by atoms with Gasteiger partial charge in [-0.05, 0) is 37.6 Å². The van der Waals surface area contributed by atoms with Crippen LogP contribution in [-0.4, -0.2) is 34.6 Å².